The van der Waals surface area contributed by atoms with Crippen LogP contribution >= 0.6 is 0 Å². The molecule has 3 aromatic rings. The van der Waals surface area contributed by atoms with Gasteiger partial charge in [0.25, 0.3) is 12.3 Å². The molecule has 1 aromatic carbocycles. The highest BCUT2D eigenvalue weighted by Gasteiger charge is 2.30. The normalized spacial score (nSPS) is 14.9. The number of alkyl halides is 2. The number of benzene rings is 1. The lowest BCUT2D eigenvalue weighted by Gasteiger charge is -2.30. The molecule has 2 aromatic heterocycles. The quantitative estimate of drug-likeness (QED) is 0.579. The van der Waals surface area contributed by atoms with Crippen LogP contribution < -0.4 is 0 Å². The van der Waals surface area contributed by atoms with Crippen LogP contribution in [0.1, 0.15) is 42.2 Å². The molecule has 9 heteroatoms. The Kier molecular flexibility index (Phi) is 5.92. The zero-order chi connectivity index (χ0) is 22.0. The number of nitrogens with zero attached hydrogens (tertiary/aromatic N) is 4. The van der Waals surface area contributed by atoms with Gasteiger partial charge in [0.1, 0.15) is 11.3 Å². The van der Waals surface area contributed by atoms with E-state index in [1.807, 2.05) is 6.07 Å². The van der Waals surface area contributed by atoms with Gasteiger partial charge in [0, 0.05) is 18.7 Å². The van der Waals surface area contributed by atoms with Gasteiger partial charge in [-0.2, -0.15) is 5.10 Å². The molecule has 1 saturated heterocycles. The van der Waals surface area contributed by atoms with Gasteiger partial charge in [-0.25, -0.2) is 18.3 Å². The maximum absolute atomic E-state index is 13.7. The van der Waals surface area contributed by atoms with E-state index in [0.717, 1.165) is 4.52 Å². The van der Waals surface area contributed by atoms with E-state index >= 15 is 0 Å². The van der Waals surface area contributed by atoms with Crippen molar-refractivity contribution in [3.8, 4) is 11.3 Å². The minimum atomic E-state index is -2.78. The lowest BCUT2D eigenvalue weighted by Crippen LogP contribution is -2.40. The first-order chi connectivity index (χ1) is 15.0. The van der Waals surface area contributed by atoms with E-state index in [-0.39, 0.29) is 34.7 Å². The van der Waals surface area contributed by atoms with Crippen LogP contribution in [0.4, 0.5) is 8.78 Å². The molecule has 7 nitrogen and oxygen atoms in total. The highest BCUT2D eigenvalue weighted by molar-refractivity contribution is 6.00. The largest absolute Gasteiger partial charge is 0.466 e. The van der Waals surface area contributed by atoms with Crippen LogP contribution in [0.15, 0.2) is 42.6 Å². The van der Waals surface area contributed by atoms with Crippen molar-refractivity contribution in [3.05, 3.63) is 53.9 Å². The summed E-state index contributed by atoms with van der Waals surface area (Å²) in [5.41, 5.74) is 0.938. The van der Waals surface area contributed by atoms with Crippen LogP contribution in [0.25, 0.3) is 16.9 Å². The molecule has 0 atom stereocenters. The van der Waals surface area contributed by atoms with E-state index in [0.29, 0.717) is 43.8 Å². The highest BCUT2D eigenvalue weighted by atomic mass is 19.3. The summed E-state index contributed by atoms with van der Waals surface area (Å²) < 4.78 is 33.5. The number of piperidine rings is 1. The molecule has 31 heavy (non-hydrogen) atoms. The molecule has 0 aliphatic carbocycles. The number of rotatable bonds is 5. The summed E-state index contributed by atoms with van der Waals surface area (Å²) in [6.07, 6.45) is -0.511. The first-order valence-electron chi connectivity index (χ1n) is 10.2. The van der Waals surface area contributed by atoms with Crippen molar-refractivity contribution in [2.75, 3.05) is 19.7 Å². The van der Waals surface area contributed by atoms with Crippen molar-refractivity contribution in [3.63, 3.8) is 0 Å². The highest BCUT2D eigenvalue weighted by Crippen LogP contribution is 2.28. The molecule has 3 heterocycles. The molecular weight excluding hydrogens is 406 g/mol. The van der Waals surface area contributed by atoms with Crippen molar-refractivity contribution in [1.82, 2.24) is 19.5 Å². The maximum Gasteiger partial charge on any atom is 0.309 e. The second-order valence-electron chi connectivity index (χ2n) is 7.35. The maximum atomic E-state index is 13.7. The predicted molar refractivity (Wildman–Crippen MR) is 109 cm³/mol. The number of aromatic nitrogens is 3. The Bertz CT molecular complexity index is 1090. The third-order valence-corrected chi connectivity index (χ3v) is 5.42. The minimum Gasteiger partial charge on any atom is -0.466 e. The Labute approximate surface area is 177 Å². The Morgan fingerprint density at radius 2 is 1.90 bits per heavy atom. The van der Waals surface area contributed by atoms with Gasteiger partial charge in [0.15, 0.2) is 5.65 Å². The van der Waals surface area contributed by atoms with E-state index in [2.05, 4.69) is 10.1 Å². The fraction of sp³-hybridized carbons (Fsp3) is 0.364. The Morgan fingerprint density at radius 3 is 2.55 bits per heavy atom. The number of hydrogen-bond donors (Lipinski definition) is 0. The summed E-state index contributed by atoms with van der Waals surface area (Å²) in [7, 11) is 0. The molecule has 4 rings (SSSR count). The molecule has 0 N–H and O–H groups in total. The zero-order valence-electron chi connectivity index (χ0n) is 17.0. The summed E-state index contributed by atoms with van der Waals surface area (Å²) in [5, 5.41) is 4.01. The van der Waals surface area contributed by atoms with E-state index in [4.69, 9.17) is 4.74 Å². The van der Waals surface area contributed by atoms with Crippen LogP contribution in [0.5, 0.6) is 0 Å². The number of ether oxygens (including phenoxy) is 1. The van der Waals surface area contributed by atoms with E-state index in [1.54, 1.807) is 36.1 Å². The van der Waals surface area contributed by atoms with Gasteiger partial charge in [0.2, 0.25) is 0 Å². The van der Waals surface area contributed by atoms with Crippen molar-refractivity contribution in [2.24, 2.45) is 5.92 Å². The molecule has 162 valence electrons. The number of carbonyl (C=O) groups excluding carboxylic acids is 2. The van der Waals surface area contributed by atoms with E-state index < -0.39 is 6.43 Å². The topological polar surface area (TPSA) is 76.8 Å². The van der Waals surface area contributed by atoms with Crippen molar-refractivity contribution >= 4 is 17.5 Å². The Hall–Kier alpha value is -3.36. The minimum absolute atomic E-state index is 0.0918. The van der Waals surface area contributed by atoms with Gasteiger partial charge < -0.3 is 9.64 Å². The molecule has 1 aliphatic rings. The third-order valence-electron chi connectivity index (χ3n) is 5.42. The second kappa shape index (κ2) is 8.79. The number of carbonyl (C=O) groups is 2. The van der Waals surface area contributed by atoms with Crippen molar-refractivity contribution in [1.29, 1.82) is 0 Å². The second-order valence-corrected chi connectivity index (χ2v) is 7.35. The molecule has 1 fully saturated rings. The smallest absolute Gasteiger partial charge is 0.309 e. The molecule has 1 aliphatic heterocycles. The Balaban J connectivity index is 1.65. The summed E-state index contributed by atoms with van der Waals surface area (Å²) >= 11 is 0. The number of hydrogen-bond acceptors (Lipinski definition) is 5. The van der Waals surface area contributed by atoms with Crippen LogP contribution in [-0.2, 0) is 9.53 Å². The number of likely N-dealkylation sites (tertiary alicyclic amines) is 1. The summed E-state index contributed by atoms with van der Waals surface area (Å²) in [6, 6.07) is 10.2. The monoisotopic (exact) mass is 428 g/mol. The third kappa shape index (κ3) is 4.12. The van der Waals surface area contributed by atoms with E-state index in [9.17, 15) is 18.4 Å². The number of amides is 1. The first kappa shape index (κ1) is 20.9. The van der Waals surface area contributed by atoms with Crippen LogP contribution in [0.2, 0.25) is 0 Å². The van der Waals surface area contributed by atoms with Gasteiger partial charge in [-0.1, -0.05) is 30.3 Å². The van der Waals surface area contributed by atoms with Crippen LogP contribution in [0, 0.1) is 5.92 Å². The van der Waals surface area contributed by atoms with Crippen molar-refractivity contribution in [2.45, 2.75) is 26.2 Å². The fourth-order valence-corrected chi connectivity index (χ4v) is 3.80. The molecule has 1 amide bonds. The Morgan fingerprint density at radius 1 is 1.19 bits per heavy atom. The molecular formula is C22H22F2N4O3. The van der Waals surface area contributed by atoms with Gasteiger partial charge in [-0.3, -0.25) is 9.59 Å². The molecule has 0 bridgehead atoms. The van der Waals surface area contributed by atoms with Gasteiger partial charge >= 0.3 is 5.97 Å². The number of esters is 1. The lowest BCUT2D eigenvalue weighted by atomic mass is 9.96. The standard InChI is InChI=1S/C22H22F2N4O3/c1-2-31-22(30)15-8-10-27(11-9-15)21(29)16-13-25-28-18(19(23)24)12-17(26-20(16)28)14-6-4-3-5-7-14/h3-7,12-13,15,19H,2,8-11H2,1H3. The average molecular weight is 428 g/mol. The van der Waals surface area contributed by atoms with E-state index in [1.165, 1.54) is 12.3 Å². The number of fused-ring (bicyclic) bond motifs is 1. The van der Waals surface area contributed by atoms with Gasteiger partial charge in [0.05, 0.1) is 24.4 Å². The summed E-state index contributed by atoms with van der Waals surface area (Å²) in [4.78, 5) is 31.1. The average Bonchev–Trinajstić information content (AvgIpc) is 3.22. The summed E-state index contributed by atoms with van der Waals surface area (Å²) in [5.74, 6) is -0.822. The van der Waals surface area contributed by atoms with Crippen LogP contribution in [0.3, 0.4) is 0 Å². The summed E-state index contributed by atoms with van der Waals surface area (Å²) in [6.45, 7) is 2.83. The predicted octanol–water partition coefficient (Wildman–Crippen LogP) is 3.75. The van der Waals surface area contributed by atoms with Crippen LogP contribution in [-0.4, -0.2) is 51.1 Å². The number of halogens is 2. The SMILES string of the molecule is CCOC(=O)C1CCN(C(=O)c2cnn3c(C(F)F)cc(-c4ccccc4)nc23)CC1. The zero-order valence-corrected chi connectivity index (χ0v) is 17.0. The first-order valence-corrected chi connectivity index (χ1v) is 10.2. The fourth-order valence-electron chi connectivity index (χ4n) is 3.80. The van der Waals surface area contributed by atoms with Gasteiger partial charge in [-0.05, 0) is 25.8 Å². The molecule has 0 saturated carbocycles. The molecule has 0 radical (unpaired) electrons. The molecule has 0 spiro atoms. The van der Waals surface area contributed by atoms with Gasteiger partial charge in [-0.15, -0.1) is 0 Å². The lowest BCUT2D eigenvalue weighted by molar-refractivity contribution is -0.149. The molecule has 0 unspecified atom stereocenters. The van der Waals surface area contributed by atoms with Crippen molar-refractivity contribution < 1.29 is 23.1 Å².